The second kappa shape index (κ2) is 5.76. The van der Waals surface area contributed by atoms with Crippen LogP contribution in [0.15, 0.2) is 0 Å². The molecule has 0 radical (unpaired) electrons. The second-order valence-electron chi connectivity index (χ2n) is 8.17. The first-order valence-corrected chi connectivity index (χ1v) is 8.04. The summed E-state index contributed by atoms with van der Waals surface area (Å²) >= 11 is 0. The van der Waals surface area contributed by atoms with Crippen LogP contribution in [0.1, 0.15) is 60.3 Å². The number of amides is 1. The van der Waals surface area contributed by atoms with Gasteiger partial charge in [-0.1, -0.05) is 6.92 Å². The highest BCUT2D eigenvalue weighted by Gasteiger charge is 2.50. The van der Waals surface area contributed by atoms with Crippen LogP contribution in [0.2, 0.25) is 0 Å². The van der Waals surface area contributed by atoms with E-state index in [2.05, 4.69) is 19.3 Å². The summed E-state index contributed by atoms with van der Waals surface area (Å²) in [7, 11) is 0. The molecule has 1 amide bonds. The molecule has 1 aliphatic heterocycles. The quantitative estimate of drug-likeness (QED) is 0.769. The second-order valence-corrected chi connectivity index (χ2v) is 8.17. The molecule has 0 bridgehead atoms. The topological polar surface area (TPSA) is 61.8 Å². The van der Waals surface area contributed by atoms with Crippen LogP contribution < -0.4 is 5.48 Å². The lowest BCUT2D eigenvalue weighted by atomic mass is 9.55. The Balaban J connectivity index is 2.10. The van der Waals surface area contributed by atoms with Gasteiger partial charge in [-0.25, -0.2) is 10.3 Å². The summed E-state index contributed by atoms with van der Waals surface area (Å²) < 4.78 is 5.54. The monoisotopic (exact) mass is 298 g/mol. The fourth-order valence-electron chi connectivity index (χ4n) is 4.44. The number of nitrogens with zero attached hydrogens (tertiary/aromatic N) is 1. The zero-order valence-electron chi connectivity index (χ0n) is 14.0. The zero-order valence-corrected chi connectivity index (χ0v) is 14.0. The molecule has 0 aromatic carbocycles. The van der Waals surface area contributed by atoms with Crippen molar-refractivity contribution in [1.29, 1.82) is 0 Å². The van der Waals surface area contributed by atoms with Crippen LogP contribution >= 0.6 is 0 Å². The average Bonchev–Trinajstić information content (AvgIpc) is 2.24. The summed E-state index contributed by atoms with van der Waals surface area (Å²) in [6, 6.07) is 0.153. The van der Waals surface area contributed by atoms with Crippen molar-refractivity contribution in [2.75, 3.05) is 6.54 Å². The first-order chi connectivity index (χ1) is 9.66. The Morgan fingerprint density at radius 2 is 1.90 bits per heavy atom. The molecule has 1 spiro atoms. The van der Waals surface area contributed by atoms with Gasteiger partial charge in [0.05, 0.1) is 6.04 Å². The fourth-order valence-corrected chi connectivity index (χ4v) is 4.44. The van der Waals surface area contributed by atoms with Gasteiger partial charge in [0.25, 0.3) is 0 Å². The van der Waals surface area contributed by atoms with Gasteiger partial charge in [-0.05, 0) is 64.7 Å². The lowest BCUT2D eigenvalue weighted by Crippen LogP contribution is -2.60. The van der Waals surface area contributed by atoms with Gasteiger partial charge >= 0.3 is 6.09 Å². The molecule has 122 valence electrons. The molecule has 0 aromatic rings. The van der Waals surface area contributed by atoms with Gasteiger partial charge in [0.1, 0.15) is 5.60 Å². The highest BCUT2D eigenvalue weighted by Crippen LogP contribution is 2.55. The largest absolute Gasteiger partial charge is 0.444 e. The number of hydrogen-bond donors (Lipinski definition) is 2. The summed E-state index contributed by atoms with van der Waals surface area (Å²) in [5, 5.41) is 9.12. The van der Waals surface area contributed by atoms with E-state index < -0.39 is 5.60 Å². The summed E-state index contributed by atoms with van der Waals surface area (Å²) in [5.41, 5.74) is 2.12. The van der Waals surface area contributed by atoms with Crippen LogP contribution in [-0.4, -0.2) is 40.4 Å². The van der Waals surface area contributed by atoms with Crippen molar-refractivity contribution < 1.29 is 14.7 Å². The number of piperidine rings is 1. The Bertz CT molecular complexity index is 385. The Morgan fingerprint density at radius 3 is 2.38 bits per heavy atom. The standard InChI is InChI=1S/C16H30N2O3/c1-11-6-16(7-11)8-12(2)18(13(9-16)10-17-20)14(19)21-15(3,4)5/h11-13,17,20H,6-10H2,1-5H3. The smallest absolute Gasteiger partial charge is 0.410 e. The molecule has 5 heteroatoms. The first kappa shape index (κ1) is 16.6. The van der Waals surface area contributed by atoms with E-state index in [-0.39, 0.29) is 18.2 Å². The van der Waals surface area contributed by atoms with E-state index in [0.29, 0.717) is 12.0 Å². The molecule has 2 fully saturated rings. The van der Waals surface area contributed by atoms with E-state index in [1.54, 1.807) is 0 Å². The van der Waals surface area contributed by atoms with Crippen molar-refractivity contribution in [3.05, 3.63) is 0 Å². The van der Waals surface area contributed by atoms with Crippen molar-refractivity contribution in [3.8, 4) is 0 Å². The van der Waals surface area contributed by atoms with E-state index >= 15 is 0 Å². The predicted molar refractivity (Wildman–Crippen MR) is 81.2 cm³/mol. The Hall–Kier alpha value is -0.810. The van der Waals surface area contributed by atoms with Gasteiger partial charge in [-0.15, -0.1) is 0 Å². The third kappa shape index (κ3) is 3.69. The van der Waals surface area contributed by atoms with Crippen LogP contribution in [0.5, 0.6) is 0 Å². The molecule has 1 aliphatic carbocycles. The number of carbonyl (C=O) groups is 1. The number of rotatable bonds is 2. The molecule has 21 heavy (non-hydrogen) atoms. The van der Waals surface area contributed by atoms with E-state index in [1.807, 2.05) is 25.7 Å². The molecule has 5 nitrogen and oxygen atoms in total. The number of nitrogens with one attached hydrogen (secondary N) is 1. The molecular formula is C16H30N2O3. The van der Waals surface area contributed by atoms with Crippen LogP contribution in [0.25, 0.3) is 0 Å². The number of likely N-dealkylation sites (tertiary alicyclic amines) is 1. The lowest BCUT2D eigenvalue weighted by Gasteiger charge is -2.56. The minimum Gasteiger partial charge on any atom is -0.444 e. The third-order valence-electron chi connectivity index (χ3n) is 4.76. The van der Waals surface area contributed by atoms with E-state index in [4.69, 9.17) is 9.94 Å². The maximum Gasteiger partial charge on any atom is 0.410 e. The van der Waals surface area contributed by atoms with Gasteiger partial charge < -0.3 is 14.8 Å². The molecule has 1 saturated heterocycles. The summed E-state index contributed by atoms with van der Waals surface area (Å²) in [5.74, 6) is 0.785. The molecule has 1 saturated carbocycles. The van der Waals surface area contributed by atoms with Gasteiger partial charge in [0.15, 0.2) is 0 Å². The van der Waals surface area contributed by atoms with Gasteiger partial charge in [0.2, 0.25) is 0 Å². The van der Waals surface area contributed by atoms with Gasteiger partial charge in [-0.2, -0.15) is 0 Å². The molecule has 2 unspecified atom stereocenters. The van der Waals surface area contributed by atoms with E-state index in [1.165, 1.54) is 12.8 Å². The normalized spacial score (nSPS) is 36.5. The summed E-state index contributed by atoms with van der Waals surface area (Å²) in [4.78, 5) is 14.3. The van der Waals surface area contributed by atoms with Crippen LogP contribution in [0.3, 0.4) is 0 Å². The molecule has 0 aromatic heterocycles. The number of hydrogen-bond acceptors (Lipinski definition) is 4. The molecule has 2 aliphatic rings. The van der Waals surface area contributed by atoms with Crippen molar-refractivity contribution in [3.63, 3.8) is 0 Å². The van der Waals surface area contributed by atoms with Crippen molar-refractivity contribution in [1.82, 2.24) is 10.4 Å². The maximum atomic E-state index is 12.5. The first-order valence-electron chi connectivity index (χ1n) is 8.04. The molecular weight excluding hydrogens is 268 g/mol. The summed E-state index contributed by atoms with van der Waals surface area (Å²) in [6.07, 6.45) is 4.20. The average molecular weight is 298 g/mol. The number of ether oxygens (including phenoxy) is 1. The van der Waals surface area contributed by atoms with E-state index in [0.717, 1.165) is 18.8 Å². The predicted octanol–water partition coefficient (Wildman–Crippen LogP) is 3.17. The van der Waals surface area contributed by atoms with Crippen molar-refractivity contribution >= 4 is 6.09 Å². The van der Waals surface area contributed by atoms with Crippen molar-refractivity contribution in [2.24, 2.45) is 11.3 Å². The summed E-state index contributed by atoms with van der Waals surface area (Å²) in [6.45, 7) is 10.4. The van der Waals surface area contributed by atoms with E-state index in [9.17, 15) is 4.79 Å². The number of hydroxylamine groups is 1. The molecule has 1 heterocycles. The van der Waals surface area contributed by atoms with Crippen molar-refractivity contribution in [2.45, 2.75) is 78.0 Å². The highest BCUT2D eigenvalue weighted by atomic mass is 16.6. The van der Waals surface area contributed by atoms with Gasteiger partial charge in [0, 0.05) is 12.6 Å². The maximum absolute atomic E-state index is 12.5. The molecule has 2 atom stereocenters. The third-order valence-corrected chi connectivity index (χ3v) is 4.76. The van der Waals surface area contributed by atoms with Crippen LogP contribution in [0.4, 0.5) is 4.79 Å². The highest BCUT2D eigenvalue weighted by molar-refractivity contribution is 5.69. The number of carbonyl (C=O) groups excluding carboxylic acids is 1. The van der Waals surface area contributed by atoms with Crippen LogP contribution in [0, 0.1) is 11.3 Å². The zero-order chi connectivity index (χ0) is 15.8. The minimum absolute atomic E-state index is 0.00102. The van der Waals surface area contributed by atoms with Crippen LogP contribution in [-0.2, 0) is 4.74 Å². The minimum atomic E-state index is -0.492. The molecule has 2 N–H and O–H groups in total. The SMILES string of the molecule is CC1CC2(C1)CC(C)N(C(=O)OC(C)(C)C)C(CNO)C2. The Labute approximate surface area is 128 Å². The Kier molecular flexibility index (Phi) is 4.54. The molecule has 2 rings (SSSR count). The lowest BCUT2D eigenvalue weighted by molar-refractivity contribution is -0.0726. The fraction of sp³-hybridized carbons (Fsp3) is 0.938. The Morgan fingerprint density at radius 1 is 1.29 bits per heavy atom. The van der Waals surface area contributed by atoms with Gasteiger partial charge in [-0.3, -0.25) is 0 Å².